The van der Waals surface area contributed by atoms with E-state index >= 15 is 0 Å². The first-order valence-electron chi connectivity index (χ1n) is 7.76. The molecule has 8 nitrogen and oxygen atoms in total. The largest absolute Gasteiger partial charge is 0.360 e. The fourth-order valence-electron chi connectivity index (χ4n) is 2.39. The highest BCUT2D eigenvalue weighted by Gasteiger charge is 2.28. The number of aryl methyl sites for hydroxylation is 2. The van der Waals surface area contributed by atoms with Crippen LogP contribution in [0.15, 0.2) is 39.8 Å². The molecular weight excluding hydrogens is 380 g/mol. The molecule has 0 aliphatic heterocycles. The van der Waals surface area contributed by atoms with Crippen LogP contribution in [0.4, 0.5) is 0 Å². The lowest BCUT2D eigenvalue weighted by molar-refractivity contribution is -0.122. The van der Waals surface area contributed by atoms with Crippen molar-refractivity contribution in [3.63, 3.8) is 0 Å². The van der Waals surface area contributed by atoms with E-state index in [1.165, 1.54) is 20.8 Å². The number of nitrogens with two attached hydrogens (primary N) is 1. The molecule has 1 aromatic heterocycles. The van der Waals surface area contributed by atoms with Gasteiger partial charge in [0.15, 0.2) is 5.76 Å². The first-order chi connectivity index (χ1) is 11.7. The fraction of sp³-hybridized carbons (Fsp3) is 0.375. The summed E-state index contributed by atoms with van der Waals surface area (Å²) in [5.74, 6) is -0.301. The molecule has 0 saturated heterocycles. The number of nitrogens with one attached hydrogen (secondary N) is 2. The Morgan fingerprint density at radius 1 is 1.27 bits per heavy atom. The Labute approximate surface area is 159 Å². The zero-order valence-electron chi connectivity index (χ0n) is 14.7. The molecule has 2 rings (SSSR count). The second kappa shape index (κ2) is 9.13. The van der Waals surface area contributed by atoms with Gasteiger partial charge in [0.2, 0.25) is 15.9 Å². The molecule has 144 valence electrons. The van der Waals surface area contributed by atoms with Gasteiger partial charge in [-0.25, -0.2) is 8.42 Å². The van der Waals surface area contributed by atoms with Crippen LogP contribution < -0.4 is 15.8 Å². The van der Waals surface area contributed by atoms with Crippen LogP contribution in [0.3, 0.4) is 0 Å². The lowest BCUT2D eigenvalue weighted by atomic mass is 10.1. The highest BCUT2D eigenvalue weighted by atomic mass is 35.5. The molecule has 2 aromatic rings. The molecular formula is C16H23ClN4O4S. The number of hydrogen-bond donors (Lipinski definition) is 3. The Bertz CT molecular complexity index is 820. The summed E-state index contributed by atoms with van der Waals surface area (Å²) in [5.41, 5.74) is 7.13. The predicted molar refractivity (Wildman–Crippen MR) is 99.4 cm³/mol. The van der Waals surface area contributed by atoms with Gasteiger partial charge in [-0.15, -0.1) is 12.4 Å². The topological polar surface area (TPSA) is 127 Å². The Morgan fingerprint density at radius 3 is 2.42 bits per heavy atom. The van der Waals surface area contributed by atoms with Gasteiger partial charge >= 0.3 is 0 Å². The molecule has 4 N–H and O–H groups in total. The lowest BCUT2D eigenvalue weighted by Gasteiger charge is -2.17. The van der Waals surface area contributed by atoms with Crippen molar-refractivity contribution in [2.75, 3.05) is 6.54 Å². The van der Waals surface area contributed by atoms with Gasteiger partial charge in [-0.05, 0) is 26.3 Å². The molecule has 10 heteroatoms. The lowest BCUT2D eigenvalue weighted by Crippen LogP contribution is -2.46. The molecule has 0 radical (unpaired) electrons. The van der Waals surface area contributed by atoms with E-state index in [9.17, 15) is 13.2 Å². The van der Waals surface area contributed by atoms with E-state index in [1.54, 1.807) is 0 Å². The Balaban J connectivity index is 0.00000338. The molecule has 0 bridgehead atoms. The molecule has 0 aliphatic carbocycles. The molecule has 1 amide bonds. The maximum atomic E-state index is 12.4. The molecule has 1 heterocycles. The standard InChI is InChI=1S/C16H22N4O4S.ClH/c1-10-15(12(3)24-19-10)25(22,23)20-11(2)16(21)18-9-14(17)13-7-5-4-6-8-13;/h4-8,11,14,20H,9,17H2,1-3H3,(H,18,21);1H. The molecule has 2 unspecified atom stereocenters. The van der Waals surface area contributed by atoms with E-state index in [1.807, 2.05) is 30.3 Å². The van der Waals surface area contributed by atoms with Crippen LogP contribution in [0.1, 0.15) is 30.0 Å². The predicted octanol–water partition coefficient (Wildman–Crippen LogP) is 1.20. The van der Waals surface area contributed by atoms with Crippen molar-refractivity contribution in [1.82, 2.24) is 15.2 Å². The molecule has 0 saturated carbocycles. The minimum atomic E-state index is -3.91. The number of nitrogens with zero attached hydrogens (tertiary/aromatic N) is 1. The van der Waals surface area contributed by atoms with Crippen molar-refractivity contribution >= 4 is 28.3 Å². The van der Waals surface area contributed by atoms with Crippen LogP contribution in [0.5, 0.6) is 0 Å². The quantitative estimate of drug-likeness (QED) is 0.638. The van der Waals surface area contributed by atoms with Gasteiger partial charge in [0.05, 0.1) is 6.04 Å². The van der Waals surface area contributed by atoms with Crippen LogP contribution >= 0.6 is 12.4 Å². The van der Waals surface area contributed by atoms with Crippen molar-refractivity contribution in [3.05, 3.63) is 47.3 Å². The first kappa shape index (κ1) is 22.1. The van der Waals surface area contributed by atoms with Crippen molar-refractivity contribution in [1.29, 1.82) is 0 Å². The van der Waals surface area contributed by atoms with E-state index in [-0.39, 0.29) is 41.3 Å². The monoisotopic (exact) mass is 402 g/mol. The normalized spacial score (nSPS) is 13.5. The number of hydrogen-bond acceptors (Lipinski definition) is 6. The third kappa shape index (κ3) is 5.28. The highest BCUT2D eigenvalue weighted by molar-refractivity contribution is 7.89. The molecule has 0 aliphatic rings. The number of halogens is 1. The van der Waals surface area contributed by atoms with Crippen molar-refractivity contribution in [3.8, 4) is 0 Å². The van der Waals surface area contributed by atoms with Gasteiger partial charge in [0, 0.05) is 12.6 Å². The fourth-order valence-corrected chi connectivity index (χ4v) is 3.92. The van der Waals surface area contributed by atoms with Gasteiger partial charge in [0.1, 0.15) is 10.6 Å². The van der Waals surface area contributed by atoms with E-state index in [2.05, 4.69) is 15.2 Å². The molecule has 0 spiro atoms. The van der Waals surface area contributed by atoms with E-state index in [0.29, 0.717) is 0 Å². The van der Waals surface area contributed by atoms with E-state index in [0.717, 1.165) is 5.56 Å². The molecule has 1 aromatic carbocycles. The number of carbonyl (C=O) groups is 1. The number of carbonyl (C=O) groups excluding carboxylic acids is 1. The average molecular weight is 403 g/mol. The average Bonchev–Trinajstić information content (AvgIpc) is 2.92. The number of rotatable bonds is 7. The van der Waals surface area contributed by atoms with E-state index < -0.39 is 22.0 Å². The summed E-state index contributed by atoms with van der Waals surface area (Å²) in [5, 5.41) is 6.26. The number of benzene rings is 1. The Hall–Kier alpha value is -1.94. The Morgan fingerprint density at radius 2 is 1.88 bits per heavy atom. The second-order valence-corrected chi connectivity index (χ2v) is 7.41. The summed E-state index contributed by atoms with van der Waals surface area (Å²) in [4.78, 5) is 12.1. The summed E-state index contributed by atoms with van der Waals surface area (Å²) in [6.07, 6.45) is 0. The van der Waals surface area contributed by atoms with Crippen molar-refractivity contribution in [2.45, 2.75) is 37.8 Å². The van der Waals surface area contributed by atoms with Crippen molar-refractivity contribution in [2.24, 2.45) is 5.73 Å². The summed E-state index contributed by atoms with van der Waals surface area (Å²) < 4.78 is 32.0. The highest BCUT2D eigenvalue weighted by Crippen LogP contribution is 2.18. The minimum absolute atomic E-state index is 0. The minimum Gasteiger partial charge on any atom is -0.360 e. The van der Waals surface area contributed by atoms with Crippen LogP contribution in [-0.4, -0.2) is 32.1 Å². The van der Waals surface area contributed by atoms with Crippen LogP contribution in [0.2, 0.25) is 0 Å². The maximum absolute atomic E-state index is 12.4. The summed E-state index contributed by atoms with van der Waals surface area (Å²) in [6, 6.07) is 7.97. The van der Waals surface area contributed by atoms with Gasteiger partial charge in [-0.1, -0.05) is 35.5 Å². The Kier molecular flexibility index (Phi) is 7.76. The summed E-state index contributed by atoms with van der Waals surface area (Å²) in [6.45, 7) is 4.67. The zero-order valence-corrected chi connectivity index (χ0v) is 16.4. The summed E-state index contributed by atoms with van der Waals surface area (Å²) >= 11 is 0. The van der Waals surface area contributed by atoms with Crippen LogP contribution in [0.25, 0.3) is 0 Å². The molecule has 2 atom stereocenters. The maximum Gasteiger partial charge on any atom is 0.246 e. The van der Waals surface area contributed by atoms with Gasteiger partial charge in [-0.2, -0.15) is 4.72 Å². The van der Waals surface area contributed by atoms with Crippen molar-refractivity contribution < 1.29 is 17.7 Å². The van der Waals surface area contributed by atoms with E-state index in [4.69, 9.17) is 10.3 Å². The zero-order chi connectivity index (χ0) is 18.6. The van der Waals surface area contributed by atoms with Crippen LogP contribution in [0, 0.1) is 13.8 Å². The third-order valence-corrected chi connectivity index (χ3v) is 5.47. The number of sulfonamides is 1. The van der Waals surface area contributed by atoms with Gasteiger partial charge in [0.25, 0.3) is 0 Å². The third-order valence-electron chi connectivity index (χ3n) is 3.69. The second-order valence-electron chi connectivity index (χ2n) is 5.76. The van der Waals surface area contributed by atoms with Gasteiger partial charge in [-0.3, -0.25) is 4.79 Å². The number of amides is 1. The SMILES string of the molecule is Cc1noc(C)c1S(=O)(=O)NC(C)C(=O)NCC(N)c1ccccc1.Cl. The van der Waals surface area contributed by atoms with Crippen LogP contribution in [-0.2, 0) is 14.8 Å². The van der Waals surface area contributed by atoms with Gasteiger partial charge < -0.3 is 15.6 Å². The summed E-state index contributed by atoms with van der Waals surface area (Å²) in [7, 11) is -3.91. The molecule has 26 heavy (non-hydrogen) atoms. The molecule has 0 fully saturated rings. The number of aromatic nitrogens is 1. The smallest absolute Gasteiger partial charge is 0.246 e. The first-order valence-corrected chi connectivity index (χ1v) is 9.24.